The van der Waals surface area contributed by atoms with Crippen LogP contribution in [0.4, 0.5) is 0 Å². The lowest BCUT2D eigenvalue weighted by Crippen LogP contribution is -2.17. The molecule has 1 aromatic heterocycles. The normalized spacial score (nSPS) is 13.2. The molecule has 0 aliphatic rings. The summed E-state index contributed by atoms with van der Waals surface area (Å²) in [6.45, 7) is 8.18. The highest BCUT2D eigenvalue weighted by Gasteiger charge is 2.25. The van der Waals surface area contributed by atoms with E-state index in [-0.39, 0.29) is 11.7 Å². The number of fused-ring (bicyclic) bond motifs is 1. The summed E-state index contributed by atoms with van der Waals surface area (Å²) in [5.74, 6) is 1.38. The van der Waals surface area contributed by atoms with Gasteiger partial charge in [0.15, 0.2) is 5.78 Å². The van der Waals surface area contributed by atoms with Crippen LogP contribution in [0, 0.1) is 11.8 Å². The van der Waals surface area contributed by atoms with Gasteiger partial charge >= 0.3 is 0 Å². The monoisotopic (exact) mass is 244 g/mol. The lowest BCUT2D eigenvalue weighted by atomic mass is 9.88. The molecule has 0 N–H and O–H groups in total. The minimum absolute atomic E-state index is 0.0244. The number of ketones is 1. The minimum atomic E-state index is 0.0244. The van der Waals surface area contributed by atoms with Crippen molar-refractivity contribution < 1.29 is 9.21 Å². The number of rotatable bonds is 4. The Hall–Kier alpha value is -1.57. The van der Waals surface area contributed by atoms with Crippen LogP contribution in [0.1, 0.15) is 43.8 Å². The third kappa shape index (κ3) is 2.07. The van der Waals surface area contributed by atoms with Crippen LogP contribution in [-0.2, 0) is 6.42 Å². The maximum atomic E-state index is 12.6. The highest BCUT2D eigenvalue weighted by atomic mass is 16.3. The van der Waals surface area contributed by atoms with E-state index in [2.05, 4.69) is 13.8 Å². The van der Waals surface area contributed by atoms with E-state index in [1.54, 1.807) is 0 Å². The second-order valence-electron chi connectivity index (χ2n) is 5.15. The van der Waals surface area contributed by atoms with E-state index in [1.165, 1.54) is 0 Å². The second kappa shape index (κ2) is 4.97. The van der Waals surface area contributed by atoms with Crippen LogP contribution in [0.3, 0.4) is 0 Å². The van der Waals surface area contributed by atoms with Crippen LogP contribution < -0.4 is 0 Å². The second-order valence-corrected chi connectivity index (χ2v) is 5.15. The molecule has 0 aliphatic heterocycles. The third-order valence-corrected chi connectivity index (χ3v) is 3.65. The zero-order valence-electron chi connectivity index (χ0n) is 11.5. The zero-order chi connectivity index (χ0) is 13.3. The van der Waals surface area contributed by atoms with Gasteiger partial charge in [0.05, 0.1) is 5.56 Å². The molecule has 1 aromatic carbocycles. The van der Waals surface area contributed by atoms with Crippen molar-refractivity contribution in [3.8, 4) is 0 Å². The molecule has 2 heteroatoms. The number of carbonyl (C=O) groups excluding carboxylic acids is 1. The summed E-state index contributed by atoms with van der Waals surface area (Å²) >= 11 is 0. The van der Waals surface area contributed by atoms with Gasteiger partial charge in [-0.1, -0.05) is 45.9 Å². The number of para-hydroxylation sites is 1. The summed E-state index contributed by atoms with van der Waals surface area (Å²) < 4.78 is 5.78. The van der Waals surface area contributed by atoms with Crippen LogP contribution >= 0.6 is 0 Å². The van der Waals surface area contributed by atoms with Crippen molar-refractivity contribution in [1.82, 2.24) is 0 Å². The molecule has 0 saturated heterocycles. The topological polar surface area (TPSA) is 30.2 Å². The Morgan fingerprint density at radius 2 is 1.89 bits per heavy atom. The quantitative estimate of drug-likeness (QED) is 0.743. The number of benzene rings is 1. The smallest absolute Gasteiger partial charge is 0.170 e. The molecule has 1 atom stereocenters. The molecule has 0 fully saturated rings. The molecule has 0 bridgehead atoms. The van der Waals surface area contributed by atoms with E-state index < -0.39 is 0 Å². The molecule has 2 rings (SSSR count). The number of hydrogen-bond donors (Lipinski definition) is 0. The maximum absolute atomic E-state index is 12.6. The average molecular weight is 244 g/mol. The van der Waals surface area contributed by atoms with Crippen LogP contribution in [0.15, 0.2) is 28.7 Å². The van der Waals surface area contributed by atoms with Crippen LogP contribution in [-0.4, -0.2) is 5.78 Å². The first-order valence-corrected chi connectivity index (χ1v) is 6.60. The predicted octanol–water partition coefficient (Wildman–Crippen LogP) is 4.47. The van der Waals surface area contributed by atoms with E-state index >= 15 is 0 Å². The third-order valence-electron chi connectivity index (χ3n) is 3.65. The van der Waals surface area contributed by atoms with Crippen molar-refractivity contribution in [3.63, 3.8) is 0 Å². The first-order valence-electron chi connectivity index (χ1n) is 6.60. The molecule has 0 saturated carbocycles. The van der Waals surface area contributed by atoms with Crippen molar-refractivity contribution in [2.24, 2.45) is 11.8 Å². The van der Waals surface area contributed by atoms with Gasteiger partial charge in [0.2, 0.25) is 0 Å². The molecule has 2 nitrogen and oxygen atoms in total. The van der Waals surface area contributed by atoms with Crippen molar-refractivity contribution in [1.29, 1.82) is 0 Å². The molecule has 0 aliphatic carbocycles. The summed E-state index contributed by atoms with van der Waals surface area (Å²) in [6, 6.07) is 7.78. The molecular weight excluding hydrogens is 224 g/mol. The fourth-order valence-corrected chi connectivity index (χ4v) is 2.15. The Morgan fingerprint density at radius 3 is 2.50 bits per heavy atom. The van der Waals surface area contributed by atoms with E-state index in [0.717, 1.165) is 28.7 Å². The van der Waals surface area contributed by atoms with Gasteiger partial charge < -0.3 is 4.42 Å². The Bertz CT molecular complexity index is 563. The van der Waals surface area contributed by atoms with E-state index in [0.29, 0.717) is 5.92 Å². The first kappa shape index (κ1) is 12.9. The van der Waals surface area contributed by atoms with Crippen molar-refractivity contribution in [2.75, 3.05) is 0 Å². The SMILES string of the molecule is CCc1oc2ccccc2c1C(=O)C(C)C(C)C. The van der Waals surface area contributed by atoms with E-state index in [4.69, 9.17) is 4.42 Å². The number of hydrogen-bond acceptors (Lipinski definition) is 2. The number of Topliss-reactive ketones (excluding diaryl/α,β-unsaturated/α-hetero) is 1. The summed E-state index contributed by atoms with van der Waals surface area (Å²) in [4.78, 5) is 12.6. The van der Waals surface area contributed by atoms with Gasteiger partial charge in [0.25, 0.3) is 0 Å². The van der Waals surface area contributed by atoms with Crippen molar-refractivity contribution in [2.45, 2.75) is 34.1 Å². The zero-order valence-corrected chi connectivity index (χ0v) is 11.5. The highest BCUT2D eigenvalue weighted by Crippen LogP contribution is 2.30. The lowest BCUT2D eigenvalue weighted by Gasteiger charge is -2.14. The number of furan rings is 1. The molecule has 0 amide bonds. The maximum Gasteiger partial charge on any atom is 0.170 e. The van der Waals surface area contributed by atoms with E-state index in [1.807, 2.05) is 38.1 Å². The average Bonchev–Trinajstić information content (AvgIpc) is 2.75. The largest absolute Gasteiger partial charge is 0.460 e. The molecule has 1 heterocycles. The Labute approximate surface area is 108 Å². The van der Waals surface area contributed by atoms with Gasteiger partial charge in [-0.25, -0.2) is 0 Å². The first-order chi connectivity index (χ1) is 8.56. The highest BCUT2D eigenvalue weighted by molar-refractivity contribution is 6.09. The molecule has 0 radical (unpaired) electrons. The van der Waals surface area contributed by atoms with Crippen LogP contribution in [0.5, 0.6) is 0 Å². The fraction of sp³-hybridized carbons (Fsp3) is 0.438. The van der Waals surface area contributed by atoms with Gasteiger partial charge in [-0.15, -0.1) is 0 Å². The fourth-order valence-electron chi connectivity index (χ4n) is 2.15. The molecule has 96 valence electrons. The van der Waals surface area contributed by atoms with Crippen molar-refractivity contribution in [3.05, 3.63) is 35.6 Å². The molecule has 0 spiro atoms. The summed E-state index contributed by atoms with van der Waals surface area (Å²) in [5, 5.41) is 0.951. The summed E-state index contributed by atoms with van der Waals surface area (Å²) in [5.41, 5.74) is 1.60. The van der Waals surface area contributed by atoms with Crippen molar-refractivity contribution >= 4 is 16.8 Å². The Kier molecular flexibility index (Phi) is 3.55. The standard InChI is InChI=1S/C16H20O2/c1-5-13-15(16(17)11(4)10(2)3)12-8-6-7-9-14(12)18-13/h6-11H,5H2,1-4H3. The van der Waals surface area contributed by atoms with Gasteiger partial charge in [-0.2, -0.15) is 0 Å². The van der Waals surface area contributed by atoms with Crippen LogP contribution in [0.25, 0.3) is 11.0 Å². The lowest BCUT2D eigenvalue weighted by molar-refractivity contribution is 0.0899. The van der Waals surface area contributed by atoms with E-state index in [9.17, 15) is 4.79 Å². The molecule has 2 aromatic rings. The van der Waals surface area contributed by atoms with Crippen LogP contribution in [0.2, 0.25) is 0 Å². The summed E-state index contributed by atoms with van der Waals surface area (Å²) in [7, 11) is 0. The summed E-state index contributed by atoms with van der Waals surface area (Å²) in [6.07, 6.45) is 0.751. The predicted molar refractivity (Wildman–Crippen MR) is 73.9 cm³/mol. The Balaban J connectivity index is 2.58. The number of carbonyl (C=O) groups is 1. The van der Waals surface area contributed by atoms with Gasteiger partial charge in [0.1, 0.15) is 11.3 Å². The minimum Gasteiger partial charge on any atom is -0.460 e. The van der Waals surface area contributed by atoms with Gasteiger partial charge in [0, 0.05) is 17.7 Å². The Morgan fingerprint density at radius 1 is 1.22 bits per heavy atom. The van der Waals surface area contributed by atoms with Gasteiger partial charge in [-0.05, 0) is 12.0 Å². The molecular formula is C16H20O2. The van der Waals surface area contributed by atoms with Gasteiger partial charge in [-0.3, -0.25) is 4.79 Å². The molecule has 18 heavy (non-hydrogen) atoms. The molecule has 1 unspecified atom stereocenters. The number of aryl methyl sites for hydroxylation is 1.